The number of anilines is 1. The summed E-state index contributed by atoms with van der Waals surface area (Å²) >= 11 is 0. The minimum Gasteiger partial charge on any atom is -0.441 e. The van der Waals surface area contributed by atoms with Gasteiger partial charge in [0.1, 0.15) is 5.60 Å². The molecule has 17 heavy (non-hydrogen) atoms. The number of carbonyl (C=O) groups is 1. The number of ether oxygens (including phenoxy) is 1. The molecule has 1 aromatic carbocycles. The third-order valence-corrected chi connectivity index (χ3v) is 3.55. The summed E-state index contributed by atoms with van der Waals surface area (Å²) in [6.07, 6.45) is 1.60. The quantitative estimate of drug-likeness (QED) is 0.802. The highest BCUT2D eigenvalue weighted by Crippen LogP contribution is 2.33. The third-order valence-electron chi connectivity index (χ3n) is 3.55. The normalized spacial score (nSPS) is 22.8. The Morgan fingerprint density at radius 2 is 1.88 bits per heavy atom. The van der Waals surface area contributed by atoms with Crippen molar-refractivity contribution in [2.75, 3.05) is 24.5 Å². The van der Waals surface area contributed by atoms with Crippen LogP contribution in [0, 0.1) is 0 Å². The number of hydrogen-bond donors (Lipinski definition) is 1. The summed E-state index contributed by atoms with van der Waals surface area (Å²) in [6.45, 7) is 2.53. The molecule has 1 N–H and O–H groups in total. The van der Waals surface area contributed by atoms with Crippen molar-refractivity contribution in [2.45, 2.75) is 18.4 Å². The van der Waals surface area contributed by atoms with Gasteiger partial charge in [0, 0.05) is 18.5 Å². The van der Waals surface area contributed by atoms with Gasteiger partial charge in [0.05, 0.1) is 6.54 Å². The van der Waals surface area contributed by atoms with Gasteiger partial charge in [-0.2, -0.15) is 0 Å². The molecule has 0 aromatic heterocycles. The van der Waals surface area contributed by atoms with Crippen LogP contribution in [0.2, 0.25) is 0 Å². The fourth-order valence-corrected chi connectivity index (χ4v) is 2.57. The molecule has 0 unspecified atom stereocenters. The smallest absolute Gasteiger partial charge is 0.415 e. The van der Waals surface area contributed by atoms with E-state index in [4.69, 9.17) is 4.74 Å². The molecule has 0 radical (unpaired) electrons. The molecule has 2 saturated heterocycles. The average Bonchev–Trinajstić information content (AvgIpc) is 2.68. The van der Waals surface area contributed by atoms with Gasteiger partial charge in [-0.1, -0.05) is 18.2 Å². The van der Waals surface area contributed by atoms with Crippen molar-refractivity contribution in [3.05, 3.63) is 30.3 Å². The predicted octanol–water partition coefficient (Wildman–Crippen LogP) is 1.77. The Morgan fingerprint density at radius 3 is 2.59 bits per heavy atom. The minimum atomic E-state index is -0.266. The van der Waals surface area contributed by atoms with Crippen molar-refractivity contribution in [1.29, 1.82) is 0 Å². The Labute approximate surface area is 101 Å². The SMILES string of the molecule is O=C1OC2(CCNCC2)CN1c1ccccc1. The van der Waals surface area contributed by atoms with Gasteiger partial charge in [-0.3, -0.25) is 4.90 Å². The Hall–Kier alpha value is -1.55. The fraction of sp³-hybridized carbons (Fsp3) is 0.462. The molecule has 1 spiro atoms. The largest absolute Gasteiger partial charge is 0.441 e. The molecule has 4 nitrogen and oxygen atoms in total. The second-order valence-corrected chi connectivity index (χ2v) is 4.72. The van der Waals surface area contributed by atoms with Crippen LogP contribution in [0.5, 0.6) is 0 Å². The lowest BCUT2D eigenvalue weighted by molar-refractivity contribution is 0.0316. The molecular weight excluding hydrogens is 216 g/mol. The molecule has 3 rings (SSSR count). The standard InChI is InChI=1S/C13H16N2O2/c16-12-15(11-4-2-1-3-5-11)10-13(17-12)6-8-14-9-7-13/h1-5,14H,6-10H2. The number of rotatable bonds is 1. The second-order valence-electron chi connectivity index (χ2n) is 4.72. The summed E-state index contributed by atoms with van der Waals surface area (Å²) in [5.41, 5.74) is 0.658. The molecule has 0 saturated carbocycles. The van der Waals surface area contributed by atoms with E-state index in [1.165, 1.54) is 0 Å². The van der Waals surface area contributed by atoms with Gasteiger partial charge in [0.25, 0.3) is 0 Å². The van der Waals surface area contributed by atoms with E-state index < -0.39 is 0 Å². The molecular formula is C13H16N2O2. The van der Waals surface area contributed by atoms with Gasteiger partial charge >= 0.3 is 6.09 Å². The van der Waals surface area contributed by atoms with Crippen LogP contribution in [0.25, 0.3) is 0 Å². The van der Waals surface area contributed by atoms with Gasteiger partial charge in [0.2, 0.25) is 0 Å². The second kappa shape index (κ2) is 4.04. The summed E-state index contributed by atoms with van der Waals surface area (Å²) in [4.78, 5) is 13.7. The van der Waals surface area contributed by atoms with Crippen molar-refractivity contribution in [3.63, 3.8) is 0 Å². The van der Waals surface area contributed by atoms with Crippen molar-refractivity contribution in [1.82, 2.24) is 5.32 Å². The number of nitrogens with zero attached hydrogens (tertiary/aromatic N) is 1. The van der Waals surface area contributed by atoms with Gasteiger partial charge < -0.3 is 10.1 Å². The van der Waals surface area contributed by atoms with Crippen LogP contribution < -0.4 is 10.2 Å². The van der Waals surface area contributed by atoms with Crippen LogP contribution in [0.3, 0.4) is 0 Å². The molecule has 0 atom stereocenters. The number of benzene rings is 1. The predicted molar refractivity (Wildman–Crippen MR) is 65.1 cm³/mol. The lowest BCUT2D eigenvalue weighted by atomic mass is 9.92. The van der Waals surface area contributed by atoms with E-state index >= 15 is 0 Å². The zero-order valence-corrected chi connectivity index (χ0v) is 9.69. The van der Waals surface area contributed by atoms with Gasteiger partial charge in [-0.15, -0.1) is 0 Å². The fourth-order valence-electron chi connectivity index (χ4n) is 2.57. The van der Waals surface area contributed by atoms with E-state index in [1.54, 1.807) is 4.90 Å². The molecule has 2 aliphatic heterocycles. The molecule has 4 heteroatoms. The molecule has 0 aliphatic carbocycles. The maximum absolute atomic E-state index is 11.9. The van der Waals surface area contributed by atoms with E-state index in [1.807, 2.05) is 30.3 Å². The monoisotopic (exact) mass is 232 g/mol. The first-order valence-corrected chi connectivity index (χ1v) is 6.05. The first-order valence-electron chi connectivity index (χ1n) is 6.05. The Morgan fingerprint density at radius 1 is 1.18 bits per heavy atom. The zero-order valence-electron chi connectivity index (χ0n) is 9.69. The molecule has 2 aliphatic rings. The van der Waals surface area contributed by atoms with Crippen LogP contribution in [0.15, 0.2) is 30.3 Å². The van der Waals surface area contributed by atoms with Crippen LogP contribution in [0.1, 0.15) is 12.8 Å². The Kier molecular flexibility index (Phi) is 2.52. The highest BCUT2D eigenvalue weighted by molar-refractivity contribution is 5.90. The highest BCUT2D eigenvalue weighted by Gasteiger charge is 2.46. The van der Waals surface area contributed by atoms with E-state index in [-0.39, 0.29) is 11.7 Å². The van der Waals surface area contributed by atoms with E-state index in [0.29, 0.717) is 6.54 Å². The van der Waals surface area contributed by atoms with Crippen LogP contribution in [0.4, 0.5) is 10.5 Å². The van der Waals surface area contributed by atoms with Crippen LogP contribution in [-0.2, 0) is 4.74 Å². The Balaban J connectivity index is 1.82. The number of hydrogen-bond acceptors (Lipinski definition) is 3. The number of nitrogens with one attached hydrogen (secondary N) is 1. The molecule has 1 amide bonds. The Bertz CT molecular complexity index is 413. The summed E-state index contributed by atoms with van der Waals surface area (Å²) in [5.74, 6) is 0. The third kappa shape index (κ3) is 1.89. The van der Waals surface area contributed by atoms with Crippen LogP contribution >= 0.6 is 0 Å². The van der Waals surface area contributed by atoms with Crippen molar-refractivity contribution < 1.29 is 9.53 Å². The number of para-hydroxylation sites is 1. The highest BCUT2D eigenvalue weighted by atomic mass is 16.6. The molecule has 90 valence electrons. The van der Waals surface area contributed by atoms with E-state index in [2.05, 4.69) is 5.32 Å². The number of carbonyl (C=O) groups excluding carboxylic acids is 1. The van der Waals surface area contributed by atoms with Gasteiger partial charge in [-0.05, 0) is 25.2 Å². The lowest BCUT2D eigenvalue weighted by Gasteiger charge is -2.31. The van der Waals surface area contributed by atoms with E-state index in [9.17, 15) is 4.79 Å². The molecule has 1 aromatic rings. The maximum Gasteiger partial charge on any atom is 0.415 e. The summed E-state index contributed by atoms with van der Waals surface area (Å²) in [5, 5.41) is 3.30. The summed E-state index contributed by atoms with van der Waals surface area (Å²) < 4.78 is 5.60. The number of amides is 1. The zero-order chi connectivity index (χ0) is 11.7. The maximum atomic E-state index is 11.9. The summed E-state index contributed by atoms with van der Waals surface area (Å²) in [6, 6.07) is 9.72. The first kappa shape index (κ1) is 10.6. The average molecular weight is 232 g/mol. The van der Waals surface area contributed by atoms with Crippen molar-refractivity contribution in [3.8, 4) is 0 Å². The molecule has 2 fully saturated rings. The minimum absolute atomic E-state index is 0.210. The topological polar surface area (TPSA) is 41.6 Å². The van der Waals surface area contributed by atoms with Crippen molar-refractivity contribution in [2.24, 2.45) is 0 Å². The van der Waals surface area contributed by atoms with Gasteiger partial charge in [-0.25, -0.2) is 4.79 Å². The molecule has 0 bridgehead atoms. The number of piperidine rings is 1. The van der Waals surface area contributed by atoms with Crippen molar-refractivity contribution >= 4 is 11.8 Å². The lowest BCUT2D eigenvalue weighted by Crippen LogP contribution is -2.44. The summed E-state index contributed by atoms with van der Waals surface area (Å²) in [7, 11) is 0. The van der Waals surface area contributed by atoms with E-state index in [0.717, 1.165) is 31.6 Å². The molecule has 2 heterocycles. The van der Waals surface area contributed by atoms with Gasteiger partial charge in [0.15, 0.2) is 0 Å². The van der Waals surface area contributed by atoms with Crippen LogP contribution in [-0.4, -0.2) is 31.3 Å². The first-order chi connectivity index (χ1) is 8.29.